The van der Waals surface area contributed by atoms with Crippen molar-refractivity contribution in [3.05, 3.63) is 56.1 Å². The van der Waals surface area contributed by atoms with E-state index in [9.17, 15) is 19.5 Å². The first-order chi connectivity index (χ1) is 16.2. The van der Waals surface area contributed by atoms with Crippen molar-refractivity contribution < 1.29 is 24.6 Å². The normalized spacial score (nSPS) is 20.2. The molecule has 2 fully saturated rings. The molecule has 4 N–H and O–H groups in total. The number of amides is 1. The number of nitrogens with zero attached hydrogens (tertiary/aromatic N) is 2. The summed E-state index contributed by atoms with van der Waals surface area (Å²) >= 11 is 13.3. The molecule has 2 aromatic heterocycles. The third-order valence-electron chi connectivity index (χ3n) is 6.26. The molecule has 3 heterocycles. The number of aryl methyl sites for hydroxylation is 1. The Morgan fingerprint density at radius 1 is 1.09 bits per heavy atom. The SMILES string of the molecule is Cc1[nH]c(C(=O)NC2[C@H]3CN(c4nc(-c5ccc(C(=O)O)cc5)c(C(=O)O)s4)C[C@@H]23)c(Cl)c1Cl.[LiH]. The molecule has 0 radical (unpaired) electrons. The van der Waals surface area contributed by atoms with Crippen LogP contribution in [0.5, 0.6) is 0 Å². The van der Waals surface area contributed by atoms with Gasteiger partial charge in [0.2, 0.25) is 0 Å². The number of aromatic nitrogens is 2. The summed E-state index contributed by atoms with van der Waals surface area (Å²) in [6, 6.07) is 5.96. The van der Waals surface area contributed by atoms with Crippen LogP contribution in [0.4, 0.5) is 5.13 Å². The maximum absolute atomic E-state index is 12.6. The summed E-state index contributed by atoms with van der Waals surface area (Å²) in [4.78, 5) is 45.1. The molecule has 1 aliphatic heterocycles. The molecule has 3 atom stereocenters. The third kappa shape index (κ3) is 4.57. The van der Waals surface area contributed by atoms with Crippen molar-refractivity contribution in [3.8, 4) is 11.3 Å². The van der Waals surface area contributed by atoms with Crippen molar-refractivity contribution >= 4 is 76.4 Å². The Balaban J connectivity index is 0.00000289. The van der Waals surface area contributed by atoms with Crippen molar-refractivity contribution in [2.24, 2.45) is 11.8 Å². The summed E-state index contributed by atoms with van der Waals surface area (Å²) in [6.45, 7) is 3.01. The Labute approximate surface area is 225 Å². The number of hydrogen-bond acceptors (Lipinski definition) is 6. The van der Waals surface area contributed by atoms with E-state index >= 15 is 0 Å². The second-order valence-electron chi connectivity index (χ2n) is 8.35. The van der Waals surface area contributed by atoms with Crippen molar-refractivity contribution in [2.45, 2.75) is 13.0 Å². The molecular weight excluding hydrogens is 510 g/mol. The molecule has 9 nitrogen and oxygen atoms in total. The Bertz CT molecular complexity index is 1330. The quantitative estimate of drug-likeness (QED) is 0.360. The van der Waals surface area contributed by atoms with Crippen LogP contribution < -0.4 is 10.2 Å². The van der Waals surface area contributed by atoms with Gasteiger partial charge in [0.05, 0.1) is 21.3 Å². The zero-order valence-electron chi connectivity index (χ0n) is 17.6. The molecule has 178 valence electrons. The summed E-state index contributed by atoms with van der Waals surface area (Å²) in [5.74, 6) is -2.00. The zero-order chi connectivity index (χ0) is 24.3. The molecule has 13 heteroatoms. The van der Waals surface area contributed by atoms with Gasteiger partial charge in [-0.1, -0.05) is 46.7 Å². The number of H-pyrrole nitrogens is 1. The van der Waals surface area contributed by atoms with Gasteiger partial charge in [-0.3, -0.25) is 4.79 Å². The minimum atomic E-state index is -1.09. The van der Waals surface area contributed by atoms with Crippen molar-refractivity contribution in [3.63, 3.8) is 0 Å². The molecule has 0 bridgehead atoms. The average molecular weight is 529 g/mol. The van der Waals surface area contributed by atoms with Crippen molar-refractivity contribution in [1.82, 2.24) is 15.3 Å². The predicted octanol–water partition coefficient (Wildman–Crippen LogP) is 3.37. The number of aromatic carboxylic acids is 2. The number of nitrogens with one attached hydrogen (secondary N) is 2. The number of rotatable bonds is 6. The Morgan fingerprint density at radius 2 is 1.71 bits per heavy atom. The summed E-state index contributed by atoms with van der Waals surface area (Å²) in [5.41, 5.74) is 1.84. The van der Waals surface area contributed by atoms with E-state index in [2.05, 4.69) is 15.3 Å². The van der Waals surface area contributed by atoms with Crippen LogP contribution in [-0.2, 0) is 0 Å². The van der Waals surface area contributed by atoms with E-state index in [1.807, 2.05) is 4.90 Å². The van der Waals surface area contributed by atoms with E-state index in [-0.39, 0.29) is 63.8 Å². The van der Waals surface area contributed by atoms with Crippen LogP contribution in [0.25, 0.3) is 11.3 Å². The second kappa shape index (κ2) is 9.52. The van der Waals surface area contributed by atoms with Crippen molar-refractivity contribution in [2.75, 3.05) is 18.0 Å². The molecule has 1 saturated carbocycles. The molecule has 1 aliphatic carbocycles. The van der Waals surface area contributed by atoms with Gasteiger partial charge in [0.25, 0.3) is 5.91 Å². The summed E-state index contributed by atoms with van der Waals surface area (Å²) in [6.07, 6.45) is 0. The second-order valence-corrected chi connectivity index (χ2v) is 10.1. The summed E-state index contributed by atoms with van der Waals surface area (Å²) < 4.78 is 0. The number of piperidine rings is 1. The average Bonchev–Trinajstić information content (AvgIpc) is 3.19. The number of thiazole rings is 1. The number of carboxylic acid groups (broad SMARTS) is 2. The van der Waals surface area contributed by atoms with Gasteiger partial charge >= 0.3 is 30.8 Å². The number of fused-ring (bicyclic) bond motifs is 1. The molecule has 5 rings (SSSR count). The third-order valence-corrected chi connectivity index (χ3v) is 8.31. The molecule has 1 saturated heterocycles. The van der Waals surface area contributed by atoms with Gasteiger partial charge in [0, 0.05) is 42.2 Å². The van der Waals surface area contributed by atoms with Gasteiger partial charge in [-0.25, -0.2) is 14.6 Å². The first-order valence-corrected chi connectivity index (χ1v) is 11.9. The predicted molar refractivity (Wildman–Crippen MR) is 135 cm³/mol. The fraction of sp³-hybridized carbons (Fsp3) is 0.273. The van der Waals surface area contributed by atoms with Crippen LogP contribution in [0.1, 0.15) is 36.2 Å². The molecule has 2 aliphatic rings. The first-order valence-electron chi connectivity index (χ1n) is 10.3. The van der Waals surface area contributed by atoms with E-state index < -0.39 is 11.9 Å². The van der Waals surface area contributed by atoms with Crippen LogP contribution in [-0.4, -0.2) is 76.0 Å². The van der Waals surface area contributed by atoms with E-state index in [1.54, 1.807) is 19.1 Å². The van der Waals surface area contributed by atoms with Gasteiger partial charge in [-0.05, 0) is 19.1 Å². The molecule has 35 heavy (non-hydrogen) atoms. The standard InChI is InChI=1S/C22H18Cl2N4O5S.Li.H/c1-8-13(23)14(24)17(25-8)19(29)26-16-11-6-28(7-12(11)16)22-27-15(18(34-22)21(32)33)9-2-4-10(5-3-9)20(30)31;;/h2-5,11-12,16,25H,6-7H2,1H3,(H,26,29)(H,30,31)(H,32,33);;/t11-,12+,16?;;. The van der Waals surface area contributed by atoms with Gasteiger partial charge in [0.1, 0.15) is 10.6 Å². The maximum atomic E-state index is 12.6. The number of carbonyl (C=O) groups is 3. The Hall–Kier alpha value is -2.48. The number of halogens is 2. The van der Waals surface area contributed by atoms with Crippen LogP contribution >= 0.6 is 34.5 Å². The molecule has 0 spiro atoms. The van der Waals surface area contributed by atoms with E-state index in [4.69, 9.17) is 28.3 Å². The summed E-state index contributed by atoms with van der Waals surface area (Å²) in [7, 11) is 0. The van der Waals surface area contributed by atoms with Crippen LogP contribution in [0, 0.1) is 18.8 Å². The minimum absolute atomic E-state index is 0. The molecule has 1 amide bonds. The van der Waals surface area contributed by atoms with Gasteiger partial charge in [-0.2, -0.15) is 0 Å². The monoisotopic (exact) mass is 528 g/mol. The Kier molecular flexibility index (Phi) is 6.97. The molecular formula is C22H19Cl2LiN4O5S. The number of carbonyl (C=O) groups excluding carboxylic acids is 1. The topological polar surface area (TPSA) is 136 Å². The fourth-order valence-electron chi connectivity index (χ4n) is 4.40. The van der Waals surface area contributed by atoms with Crippen LogP contribution in [0.3, 0.4) is 0 Å². The number of carboxylic acids is 2. The number of benzene rings is 1. The van der Waals surface area contributed by atoms with E-state index in [1.165, 1.54) is 12.1 Å². The molecule has 1 aromatic carbocycles. The van der Waals surface area contributed by atoms with E-state index in [0.717, 1.165) is 11.3 Å². The zero-order valence-corrected chi connectivity index (χ0v) is 20.0. The van der Waals surface area contributed by atoms with Gasteiger partial charge in [0.15, 0.2) is 5.13 Å². The number of aromatic amines is 1. The number of hydrogen-bond donors (Lipinski definition) is 4. The van der Waals surface area contributed by atoms with Crippen LogP contribution in [0.15, 0.2) is 24.3 Å². The van der Waals surface area contributed by atoms with E-state index in [0.29, 0.717) is 40.2 Å². The van der Waals surface area contributed by atoms with Gasteiger partial charge in [-0.15, -0.1) is 0 Å². The van der Waals surface area contributed by atoms with Crippen molar-refractivity contribution in [1.29, 1.82) is 0 Å². The molecule has 3 aromatic rings. The Morgan fingerprint density at radius 3 is 2.23 bits per heavy atom. The summed E-state index contributed by atoms with van der Waals surface area (Å²) in [5, 5.41) is 22.9. The molecule has 1 unspecified atom stereocenters. The number of anilines is 1. The van der Waals surface area contributed by atoms with Crippen LogP contribution in [0.2, 0.25) is 10.0 Å². The van der Waals surface area contributed by atoms with Gasteiger partial charge < -0.3 is 25.4 Å². The fourth-order valence-corrected chi connectivity index (χ4v) is 5.77. The first kappa shape index (κ1) is 25.6.